The van der Waals surface area contributed by atoms with Crippen molar-refractivity contribution < 1.29 is 4.79 Å². The third-order valence-corrected chi connectivity index (χ3v) is 3.46. The Morgan fingerprint density at radius 3 is 2.52 bits per heavy atom. The fourth-order valence-corrected chi connectivity index (χ4v) is 2.38. The third kappa shape index (κ3) is 3.68. The Balaban J connectivity index is 2.53. The lowest BCUT2D eigenvalue weighted by Gasteiger charge is -2.14. The first-order valence-electron chi connectivity index (χ1n) is 5.58. The van der Waals surface area contributed by atoms with E-state index in [9.17, 15) is 4.79 Å². The predicted molar refractivity (Wildman–Crippen MR) is 85.2 cm³/mol. The lowest BCUT2D eigenvalue weighted by atomic mass is 10.1. The number of carbonyl (C=O) groups is 1. The van der Waals surface area contributed by atoms with Crippen LogP contribution in [0.1, 0.15) is 10.4 Å². The topological polar surface area (TPSA) is 66.9 Å². The van der Waals surface area contributed by atoms with Crippen LogP contribution in [0.5, 0.6) is 0 Å². The summed E-state index contributed by atoms with van der Waals surface area (Å²) in [7, 11) is 1.50. The Morgan fingerprint density at radius 1 is 1.14 bits per heavy atom. The minimum absolute atomic E-state index is 0.00785. The highest BCUT2D eigenvalue weighted by Gasteiger charge is 2.17. The van der Waals surface area contributed by atoms with Crippen molar-refractivity contribution in [3.05, 3.63) is 44.2 Å². The second kappa shape index (κ2) is 6.66. The van der Waals surface area contributed by atoms with Crippen LogP contribution >= 0.6 is 46.4 Å². The zero-order valence-electron chi connectivity index (χ0n) is 10.5. The van der Waals surface area contributed by atoms with Crippen LogP contribution in [-0.2, 0) is 0 Å². The van der Waals surface area contributed by atoms with Crippen molar-refractivity contribution >= 4 is 63.8 Å². The van der Waals surface area contributed by atoms with E-state index in [-0.39, 0.29) is 32.6 Å². The average Bonchev–Trinajstić information content (AvgIpc) is 2.44. The highest BCUT2D eigenvalue weighted by molar-refractivity contribution is 6.38. The van der Waals surface area contributed by atoms with Crippen molar-refractivity contribution in [3.63, 3.8) is 0 Å². The Morgan fingerprint density at radius 2 is 1.86 bits per heavy atom. The van der Waals surface area contributed by atoms with Crippen LogP contribution in [0.15, 0.2) is 18.3 Å². The van der Waals surface area contributed by atoms with Gasteiger partial charge in [0, 0.05) is 12.1 Å². The molecule has 2 N–H and O–H groups in total. The number of nitrogens with one attached hydrogen (secondary N) is 2. The summed E-state index contributed by atoms with van der Waals surface area (Å²) in [5.41, 5.74) is 0.567. The maximum Gasteiger partial charge on any atom is 0.253 e. The van der Waals surface area contributed by atoms with E-state index >= 15 is 0 Å². The van der Waals surface area contributed by atoms with E-state index in [0.29, 0.717) is 10.7 Å². The standard InChI is InChI=1S/C12H8Cl4N4O/c1-17-11(21)6-2-5(13)3-7(14)9(6)19-10-8(15)4-18-12(16)20-10/h2-4H,1H3,(H,17,21)(H,18,19,20). The molecule has 2 aromatic rings. The van der Waals surface area contributed by atoms with Crippen molar-refractivity contribution in [1.82, 2.24) is 15.3 Å². The van der Waals surface area contributed by atoms with Crippen LogP contribution in [0.25, 0.3) is 0 Å². The summed E-state index contributed by atoms with van der Waals surface area (Å²) < 4.78 is 0. The number of benzene rings is 1. The molecule has 9 heteroatoms. The summed E-state index contributed by atoms with van der Waals surface area (Å²) in [5.74, 6) is -0.135. The molecule has 0 aliphatic heterocycles. The van der Waals surface area contributed by atoms with E-state index < -0.39 is 0 Å². The smallest absolute Gasteiger partial charge is 0.253 e. The Hall–Kier alpha value is -1.27. The monoisotopic (exact) mass is 364 g/mol. The summed E-state index contributed by atoms with van der Waals surface area (Å²) in [6.07, 6.45) is 1.34. The number of hydrogen-bond acceptors (Lipinski definition) is 4. The van der Waals surface area contributed by atoms with E-state index in [0.717, 1.165) is 0 Å². The van der Waals surface area contributed by atoms with Gasteiger partial charge in [0.1, 0.15) is 5.02 Å². The summed E-state index contributed by atoms with van der Waals surface area (Å²) in [6.45, 7) is 0. The fourth-order valence-electron chi connectivity index (χ4n) is 1.57. The van der Waals surface area contributed by atoms with Gasteiger partial charge < -0.3 is 10.6 Å². The number of nitrogens with zero attached hydrogens (tertiary/aromatic N) is 2. The molecule has 21 heavy (non-hydrogen) atoms. The SMILES string of the molecule is CNC(=O)c1cc(Cl)cc(Cl)c1Nc1nc(Cl)ncc1Cl. The molecule has 2 rings (SSSR count). The van der Waals surface area contributed by atoms with Gasteiger partial charge in [0.15, 0.2) is 5.82 Å². The second-order valence-electron chi connectivity index (χ2n) is 3.85. The van der Waals surface area contributed by atoms with E-state index in [2.05, 4.69) is 20.6 Å². The summed E-state index contributed by atoms with van der Waals surface area (Å²) >= 11 is 23.8. The summed E-state index contributed by atoms with van der Waals surface area (Å²) in [5, 5.41) is 6.18. The minimum Gasteiger partial charge on any atom is -0.355 e. The van der Waals surface area contributed by atoms with Crippen molar-refractivity contribution in [2.45, 2.75) is 0 Å². The predicted octanol–water partition coefficient (Wildman–Crippen LogP) is 4.19. The molecule has 0 atom stereocenters. The number of rotatable bonds is 3. The number of anilines is 2. The molecule has 0 saturated carbocycles. The van der Waals surface area contributed by atoms with Crippen LogP contribution in [0.2, 0.25) is 20.4 Å². The number of carbonyl (C=O) groups excluding carboxylic acids is 1. The molecule has 0 saturated heterocycles. The van der Waals surface area contributed by atoms with Crippen LogP contribution < -0.4 is 10.6 Å². The maximum atomic E-state index is 11.9. The second-order valence-corrected chi connectivity index (χ2v) is 5.44. The summed E-state index contributed by atoms with van der Waals surface area (Å²) in [6, 6.07) is 2.97. The average molecular weight is 366 g/mol. The Bertz CT molecular complexity index is 708. The molecule has 0 aliphatic carbocycles. The Kier molecular flexibility index (Phi) is 5.11. The molecule has 1 amide bonds. The van der Waals surface area contributed by atoms with E-state index in [1.165, 1.54) is 25.4 Å². The molecule has 0 fully saturated rings. The third-order valence-electron chi connectivity index (χ3n) is 2.48. The summed E-state index contributed by atoms with van der Waals surface area (Å²) in [4.78, 5) is 19.6. The van der Waals surface area contributed by atoms with Gasteiger partial charge in [0.25, 0.3) is 5.91 Å². The number of aromatic nitrogens is 2. The van der Waals surface area contributed by atoms with Gasteiger partial charge >= 0.3 is 0 Å². The lowest BCUT2D eigenvalue weighted by Crippen LogP contribution is -2.19. The normalized spacial score (nSPS) is 10.3. The lowest BCUT2D eigenvalue weighted by molar-refractivity contribution is 0.0964. The molecule has 0 spiro atoms. The van der Waals surface area contributed by atoms with Gasteiger partial charge in [0.05, 0.1) is 22.5 Å². The van der Waals surface area contributed by atoms with E-state index in [1.807, 2.05) is 0 Å². The zero-order valence-corrected chi connectivity index (χ0v) is 13.6. The van der Waals surface area contributed by atoms with Gasteiger partial charge in [-0.05, 0) is 23.7 Å². The van der Waals surface area contributed by atoms with Crippen molar-refractivity contribution in [2.24, 2.45) is 0 Å². The van der Waals surface area contributed by atoms with Crippen LogP contribution in [0.3, 0.4) is 0 Å². The molecule has 110 valence electrons. The molecular formula is C12H8Cl4N4O. The number of hydrogen-bond donors (Lipinski definition) is 2. The molecule has 1 heterocycles. The van der Waals surface area contributed by atoms with Crippen molar-refractivity contribution in [2.75, 3.05) is 12.4 Å². The zero-order chi connectivity index (χ0) is 15.6. The highest BCUT2D eigenvalue weighted by atomic mass is 35.5. The van der Waals surface area contributed by atoms with Crippen LogP contribution in [0.4, 0.5) is 11.5 Å². The van der Waals surface area contributed by atoms with Crippen LogP contribution in [-0.4, -0.2) is 22.9 Å². The van der Waals surface area contributed by atoms with Crippen molar-refractivity contribution in [1.29, 1.82) is 0 Å². The van der Waals surface area contributed by atoms with Crippen molar-refractivity contribution in [3.8, 4) is 0 Å². The molecule has 1 aromatic carbocycles. The molecule has 0 unspecified atom stereocenters. The molecule has 1 aromatic heterocycles. The quantitative estimate of drug-likeness (QED) is 0.800. The van der Waals surface area contributed by atoms with Gasteiger partial charge in [-0.1, -0.05) is 34.8 Å². The molecule has 0 bridgehead atoms. The molecular weight excluding hydrogens is 358 g/mol. The minimum atomic E-state index is -0.363. The van der Waals surface area contributed by atoms with Gasteiger partial charge in [-0.15, -0.1) is 0 Å². The van der Waals surface area contributed by atoms with Crippen LogP contribution in [0, 0.1) is 0 Å². The fraction of sp³-hybridized carbons (Fsp3) is 0.0833. The number of halogens is 4. The van der Waals surface area contributed by atoms with Gasteiger partial charge in [0.2, 0.25) is 5.28 Å². The highest BCUT2D eigenvalue weighted by Crippen LogP contribution is 2.34. The maximum absolute atomic E-state index is 11.9. The number of amides is 1. The van der Waals surface area contributed by atoms with Gasteiger partial charge in [-0.25, -0.2) is 4.98 Å². The molecule has 0 aliphatic rings. The Labute approximate surface area is 140 Å². The largest absolute Gasteiger partial charge is 0.355 e. The first-order chi connectivity index (χ1) is 9.92. The van der Waals surface area contributed by atoms with Gasteiger partial charge in [-0.3, -0.25) is 4.79 Å². The molecule has 0 radical (unpaired) electrons. The van der Waals surface area contributed by atoms with Gasteiger partial charge in [-0.2, -0.15) is 4.98 Å². The first-order valence-corrected chi connectivity index (χ1v) is 7.09. The molecule has 5 nitrogen and oxygen atoms in total. The van der Waals surface area contributed by atoms with E-state index in [1.54, 1.807) is 0 Å². The van der Waals surface area contributed by atoms with E-state index in [4.69, 9.17) is 46.4 Å². The first kappa shape index (κ1) is 16.1.